The zero-order valence-corrected chi connectivity index (χ0v) is 14.0. The first-order valence-corrected chi connectivity index (χ1v) is 7.68. The van der Waals surface area contributed by atoms with Crippen LogP contribution in [0.4, 0.5) is 0 Å². The summed E-state index contributed by atoms with van der Waals surface area (Å²) in [5.74, 6) is -1.99. The number of nitrogens with zero attached hydrogens (tertiary/aromatic N) is 1. The average Bonchev–Trinajstić information content (AvgIpc) is 2.50. The lowest BCUT2D eigenvalue weighted by atomic mass is 9.87. The Morgan fingerprint density at radius 2 is 1.78 bits per heavy atom. The van der Waals surface area contributed by atoms with E-state index in [2.05, 4.69) is 4.74 Å². The third kappa shape index (κ3) is 7.21. The Balaban J connectivity index is 5.10. The van der Waals surface area contributed by atoms with Gasteiger partial charge in [-0.3, -0.25) is 24.5 Å². The van der Waals surface area contributed by atoms with Crippen molar-refractivity contribution in [3.8, 4) is 0 Å². The van der Waals surface area contributed by atoms with E-state index in [-0.39, 0.29) is 19.3 Å². The van der Waals surface area contributed by atoms with E-state index in [1.54, 1.807) is 0 Å². The Hall–Kier alpha value is -1.99. The smallest absolute Gasteiger partial charge is 0.312 e. The van der Waals surface area contributed by atoms with E-state index in [4.69, 9.17) is 4.74 Å². The van der Waals surface area contributed by atoms with Crippen LogP contribution in [0.15, 0.2) is 0 Å². The predicted molar refractivity (Wildman–Crippen MR) is 81.4 cm³/mol. The second kappa shape index (κ2) is 10.7. The van der Waals surface area contributed by atoms with Gasteiger partial charge in [-0.25, -0.2) is 0 Å². The Labute approximate surface area is 135 Å². The number of carbonyl (C=O) groups is 3. The van der Waals surface area contributed by atoms with Crippen LogP contribution in [0.2, 0.25) is 0 Å². The lowest BCUT2D eigenvalue weighted by molar-refractivity contribution is -0.556. The minimum Gasteiger partial charge on any atom is -0.469 e. The standard InChI is InChI=1S/C15H25NO7/c1-4-5-6-7-8-13(18)15(16(20)21,11-23-12(2)17)10-9-14(19)22-3/h4-11H2,1-3H3. The van der Waals surface area contributed by atoms with Crippen molar-refractivity contribution in [2.75, 3.05) is 13.7 Å². The van der Waals surface area contributed by atoms with Crippen molar-refractivity contribution in [1.82, 2.24) is 0 Å². The van der Waals surface area contributed by atoms with Crippen molar-refractivity contribution in [2.24, 2.45) is 0 Å². The summed E-state index contributed by atoms with van der Waals surface area (Å²) >= 11 is 0. The SMILES string of the molecule is CCCCCCC(=O)C(CCC(=O)OC)(COC(C)=O)[N+](=O)[O-]. The van der Waals surface area contributed by atoms with Crippen LogP contribution < -0.4 is 0 Å². The second-order valence-electron chi connectivity index (χ2n) is 5.38. The fraction of sp³-hybridized carbons (Fsp3) is 0.800. The zero-order chi connectivity index (χ0) is 17.9. The van der Waals surface area contributed by atoms with Gasteiger partial charge in [0.15, 0.2) is 6.61 Å². The molecule has 1 unspecified atom stereocenters. The molecule has 0 radical (unpaired) electrons. The highest BCUT2D eigenvalue weighted by Crippen LogP contribution is 2.23. The highest BCUT2D eigenvalue weighted by atomic mass is 16.6. The van der Waals surface area contributed by atoms with Gasteiger partial charge in [0.1, 0.15) is 0 Å². The number of esters is 2. The molecule has 0 aliphatic rings. The van der Waals surface area contributed by atoms with E-state index in [9.17, 15) is 24.5 Å². The number of ketones is 1. The molecule has 0 aliphatic heterocycles. The van der Waals surface area contributed by atoms with Crippen LogP contribution in [0.1, 0.15) is 58.8 Å². The molecule has 0 fully saturated rings. The van der Waals surface area contributed by atoms with Gasteiger partial charge in [0.25, 0.3) is 0 Å². The van der Waals surface area contributed by atoms with Crippen LogP contribution in [-0.2, 0) is 23.9 Å². The number of hydrogen-bond acceptors (Lipinski definition) is 7. The summed E-state index contributed by atoms with van der Waals surface area (Å²) in [4.78, 5) is 45.4. The molecule has 0 saturated heterocycles. The molecule has 0 heterocycles. The van der Waals surface area contributed by atoms with Crippen LogP contribution in [0.25, 0.3) is 0 Å². The number of nitro groups is 1. The van der Waals surface area contributed by atoms with Gasteiger partial charge < -0.3 is 9.47 Å². The first-order valence-electron chi connectivity index (χ1n) is 7.68. The molecular weight excluding hydrogens is 306 g/mol. The van der Waals surface area contributed by atoms with Gasteiger partial charge in [-0.15, -0.1) is 0 Å². The summed E-state index contributed by atoms with van der Waals surface area (Å²) < 4.78 is 9.19. The molecule has 8 heteroatoms. The minimum absolute atomic E-state index is 0.0173. The van der Waals surface area contributed by atoms with Crippen LogP contribution in [0, 0.1) is 10.1 Å². The average molecular weight is 331 g/mol. The molecule has 0 aliphatic carbocycles. The van der Waals surface area contributed by atoms with Crippen molar-refractivity contribution >= 4 is 17.7 Å². The van der Waals surface area contributed by atoms with Gasteiger partial charge in [-0.2, -0.15) is 0 Å². The van der Waals surface area contributed by atoms with Crippen LogP contribution in [-0.4, -0.2) is 41.9 Å². The number of rotatable bonds is 12. The quantitative estimate of drug-likeness (QED) is 0.233. The monoisotopic (exact) mass is 331 g/mol. The molecule has 0 spiro atoms. The molecule has 23 heavy (non-hydrogen) atoms. The molecule has 0 saturated carbocycles. The topological polar surface area (TPSA) is 113 Å². The summed E-state index contributed by atoms with van der Waals surface area (Å²) in [5, 5.41) is 11.5. The number of unbranched alkanes of at least 4 members (excludes halogenated alkanes) is 3. The van der Waals surface area contributed by atoms with Crippen LogP contribution in [0.5, 0.6) is 0 Å². The minimum atomic E-state index is -2.09. The van der Waals surface area contributed by atoms with Crippen molar-refractivity contribution in [2.45, 2.75) is 64.3 Å². The van der Waals surface area contributed by atoms with Crippen molar-refractivity contribution in [3.63, 3.8) is 0 Å². The maximum atomic E-state index is 12.4. The van der Waals surface area contributed by atoms with Crippen molar-refractivity contribution in [3.05, 3.63) is 10.1 Å². The number of ether oxygens (including phenoxy) is 2. The normalized spacial score (nSPS) is 13.0. The van der Waals surface area contributed by atoms with E-state index in [1.807, 2.05) is 6.92 Å². The summed E-state index contributed by atoms with van der Waals surface area (Å²) in [6.45, 7) is 2.45. The molecule has 0 amide bonds. The van der Waals surface area contributed by atoms with Crippen LogP contribution >= 0.6 is 0 Å². The Bertz CT molecular complexity index is 436. The Morgan fingerprint density at radius 1 is 1.13 bits per heavy atom. The highest BCUT2D eigenvalue weighted by molar-refractivity contribution is 5.88. The first kappa shape index (κ1) is 21.0. The number of methoxy groups -OCH3 is 1. The lowest BCUT2D eigenvalue weighted by Gasteiger charge is -2.23. The highest BCUT2D eigenvalue weighted by Gasteiger charge is 2.51. The Morgan fingerprint density at radius 3 is 2.26 bits per heavy atom. The largest absolute Gasteiger partial charge is 0.469 e. The Kier molecular flexibility index (Phi) is 9.76. The molecule has 0 aromatic heterocycles. The summed E-state index contributed by atoms with van der Waals surface area (Å²) in [5.41, 5.74) is -2.09. The number of hydrogen-bond donors (Lipinski definition) is 0. The molecule has 0 aromatic carbocycles. The third-order valence-corrected chi connectivity index (χ3v) is 3.61. The maximum absolute atomic E-state index is 12.4. The molecule has 1 atom stereocenters. The van der Waals surface area contributed by atoms with Gasteiger partial charge in [-0.1, -0.05) is 26.2 Å². The van der Waals surface area contributed by atoms with E-state index in [0.29, 0.717) is 6.42 Å². The van der Waals surface area contributed by atoms with E-state index in [1.165, 1.54) is 0 Å². The molecule has 0 bridgehead atoms. The van der Waals surface area contributed by atoms with Crippen molar-refractivity contribution < 1.29 is 28.8 Å². The maximum Gasteiger partial charge on any atom is 0.312 e. The van der Waals surface area contributed by atoms with E-state index in [0.717, 1.165) is 33.3 Å². The molecule has 0 rings (SSSR count). The van der Waals surface area contributed by atoms with Gasteiger partial charge >= 0.3 is 17.5 Å². The summed E-state index contributed by atoms with van der Waals surface area (Å²) in [6, 6.07) is 0. The van der Waals surface area contributed by atoms with Gasteiger partial charge in [0.2, 0.25) is 5.78 Å². The first-order chi connectivity index (χ1) is 10.8. The molecule has 132 valence electrons. The predicted octanol–water partition coefficient (Wildman–Crippen LogP) is 2.06. The second-order valence-corrected chi connectivity index (χ2v) is 5.38. The molecule has 0 N–H and O–H groups in total. The van der Waals surface area contributed by atoms with Crippen molar-refractivity contribution in [1.29, 1.82) is 0 Å². The zero-order valence-electron chi connectivity index (χ0n) is 14.0. The molecular formula is C15H25NO7. The fourth-order valence-electron chi connectivity index (χ4n) is 2.11. The van der Waals surface area contributed by atoms with E-state index < -0.39 is 34.8 Å². The summed E-state index contributed by atoms with van der Waals surface area (Å²) in [6.07, 6.45) is 2.60. The lowest BCUT2D eigenvalue weighted by Crippen LogP contribution is -2.51. The fourth-order valence-corrected chi connectivity index (χ4v) is 2.11. The molecule has 0 aromatic rings. The van der Waals surface area contributed by atoms with Crippen LogP contribution in [0.3, 0.4) is 0 Å². The molecule has 8 nitrogen and oxygen atoms in total. The van der Waals surface area contributed by atoms with Gasteiger partial charge in [-0.05, 0) is 6.42 Å². The number of carbonyl (C=O) groups excluding carboxylic acids is 3. The van der Waals surface area contributed by atoms with Gasteiger partial charge in [0, 0.05) is 24.7 Å². The van der Waals surface area contributed by atoms with Gasteiger partial charge in [0.05, 0.1) is 13.5 Å². The third-order valence-electron chi connectivity index (χ3n) is 3.61. The summed E-state index contributed by atoms with van der Waals surface area (Å²) in [7, 11) is 1.16. The van der Waals surface area contributed by atoms with E-state index >= 15 is 0 Å². The number of Topliss-reactive ketones (excluding diaryl/α,β-unsaturated/α-hetero) is 1.